The number of hydrogen-bond acceptors (Lipinski definition) is 5. The standard InChI is InChI=1S/C29H29FN6O/c1-3-26(28-32-33-34-36(28)18-21-9-5-4-6-10-21)35(17-22-12-14-25(30)15-13-22)19-24-16-23-11-7-8-20(2)27(23)31-29(24)37/h4-16,26H,3,17-19H2,1-2H3,(H,31,37)/t26-/m1/s1. The molecule has 0 saturated heterocycles. The highest BCUT2D eigenvalue weighted by Gasteiger charge is 2.26. The van der Waals surface area contributed by atoms with Crippen molar-refractivity contribution < 1.29 is 4.39 Å². The number of tetrazole rings is 1. The van der Waals surface area contributed by atoms with Crippen LogP contribution in [0.4, 0.5) is 4.39 Å². The van der Waals surface area contributed by atoms with Crippen molar-refractivity contribution >= 4 is 10.9 Å². The van der Waals surface area contributed by atoms with Gasteiger partial charge in [-0.15, -0.1) is 5.10 Å². The molecule has 0 saturated carbocycles. The molecule has 0 aliphatic rings. The Labute approximate surface area is 214 Å². The van der Waals surface area contributed by atoms with E-state index in [1.54, 1.807) is 12.1 Å². The molecule has 3 aromatic carbocycles. The van der Waals surface area contributed by atoms with E-state index in [1.165, 1.54) is 12.1 Å². The lowest BCUT2D eigenvalue weighted by molar-refractivity contribution is 0.161. The second-order valence-corrected chi connectivity index (χ2v) is 9.30. The summed E-state index contributed by atoms with van der Waals surface area (Å²) in [5.41, 5.74) is 4.44. The summed E-state index contributed by atoms with van der Waals surface area (Å²) in [6, 6.07) is 24.3. The Balaban J connectivity index is 1.52. The molecule has 0 bridgehead atoms. The highest BCUT2D eigenvalue weighted by Crippen LogP contribution is 2.27. The molecule has 2 heterocycles. The van der Waals surface area contributed by atoms with Crippen molar-refractivity contribution in [1.82, 2.24) is 30.1 Å². The van der Waals surface area contributed by atoms with Crippen LogP contribution < -0.4 is 5.56 Å². The Bertz CT molecular complexity index is 1540. The SMILES string of the molecule is CC[C@H](c1nnnn1Cc1ccccc1)N(Cc1ccc(F)cc1)Cc1cc2cccc(C)c2[nH]c1=O. The van der Waals surface area contributed by atoms with Gasteiger partial charge in [-0.1, -0.05) is 67.6 Å². The van der Waals surface area contributed by atoms with Crippen LogP contribution in [0.1, 0.15) is 47.5 Å². The average molecular weight is 497 g/mol. The predicted octanol–water partition coefficient (Wildman–Crippen LogP) is 5.16. The first-order valence-corrected chi connectivity index (χ1v) is 12.4. The molecular formula is C29H29FN6O. The molecule has 1 N–H and O–H groups in total. The molecule has 0 aliphatic carbocycles. The van der Waals surface area contributed by atoms with Crippen LogP contribution in [0.2, 0.25) is 0 Å². The van der Waals surface area contributed by atoms with Gasteiger partial charge in [-0.3, -0.25) is 9.69 Å². The number of H-pyrrole nitrogens is 1. The number of aromatic nitrogens is 5. The fourth-order valence-electron chi connectivity index (χ4n) is 4.79. The molecule has 0 fully saturated rings. The van der Waals surface area contributed by atoms with Crippen molar-refractivity contribution in [2.75, 3.05) is 0 Å². The molecule has 1 atom stereocenters. The number of aromatic amines is 1. The molecule has 188 valence electrons. The molecule has 5 rings (SSSR count). The van der Waals surface area contributed by atoms with E-state index in [0.29, 0.717) is 25.2 Å². The predicted molar refractivity (Wildman–Crippen MR) is 141 cm³/mol. The number of halogens is 1. The van der Waals surface area contributed by atoms with Crippen molar-refractivity contribution in [2.45, 2.75) is 45.9 Å². The first-order valence-electron chi connectivity index (χ1n) is 12.4. The molecule has 2 aromatic heterocycles. The van der Waals surface area contributed by atoms with Gasteiger partial charge in [0.2, 0.25) is 0 Å². The summed E-state index contributed by atoms with van der Waals surface area (Å²) in [4.78, 5) is 18.4. The number of benzene rings is 3. The van der Waals surface area contributed by atoms with Gasteiger partial charge in [-0.25, -0.2) is 9.07 Å². The van der Waals surface area contributed by atoms with E-state index in [2.05, 4.69) is 32.3 Å². The fraction of sp³-hybridized carbons (Fsp3) is 0.241. The van der Waals surface area contributed by atoms with Crippen LogP contribution in [0.25, 0.3) is 10.9 Å². The summed E-state index contributed by atoms with van der Waals surface area (Å²) >= 11 is 0. The van der Waals surface area contributed by atoms with E-state index in [0.717, 1.165) is 39.8 Å². The quantitative estimate of drug-likeness (QED) is 0.305. The number of para-hydroxylation sites is 1. The van der Waals surface area contributed by atoms with E-state index in [9.17, 15) is 9.18 Å². The summed E-state index contributed by atoms with van der Waals surface area (Å²) in [5.74, 6) is 0.442. The number of fused-ring (bicyclic) bond motifs is 1. The van der Waals surface area contributed by atoms with Gasteiger partial charge >= 0.3 is 0 Å². The highest BCUT2D eigenvalue weighted by molar-refractivity contribution is 5.81. The topological polar surface area (TPSA) is 79.7 Å². The van der Waals surface area contributed by atoms with Crippen LogP contribution >= 0.6 is 0 Å². The van der Waals surface area contributed by atoms with Crippen molar-refractivity contribution in [3.63, 3.8) is 0 Å². The van der Waals surface area contributed by atoms with Crippen LogP contribution in [-0.4, -0.2) is 30.1 Å². The Hall–Kier alpha value is -4.17. The maximum absolute atomic E-state index is 13.6. The number of nitrogens with zero attached hydrogens (tertiary/aromatic N) is 5. The Morgan fingerprint density at radius 1 is 0.973 bits per heavy atom. The van der Waals surface area contributed by atoms with Gasteiger partial charge < -0.3 is 4.98 Å². The molecular weight excluding hydrogens is 467 g/mol. The molecule has 7 nitrogen and oxygen atoms in total. The molecule has 0 spiro atoms. The zero-order valence-electron chi connectivity index (χ0n) is 20.9. The fourth-order valence-corrected chi connectivity index (χ4v) is 4.79. The van der Waals surface area contributed by atoms with Gasteiger partial charge in [0.25, 0.3) is 5.56 Å². The minimum Gasteiger partial charge on any atom is -0.321 e. The van der Waals surface area contributed by atoms with Gasteiger partial charge in [0.1, 0.15) is 5.82 Å². The monoisotopic (exact) mass is 496 g/mol. The summed E-state index contributed by atoms with van der Waals surface area (Å²) in [6.07, 6.45) is 0.723. The lowest BCUT2D eigenvalue weighted by Gasteiger charge is -2.30. The number of hydrogen-bond donors (Lipinski definition) is 1. The highest BCUT2D eigenvalue weighted by atomic mass is 19.1. The minimum atomic E-state index is -0.282. The van der Waals surface area contributed by atoms with Crippen molar-refractivity contribution in [1.29, 1.82) is 0 Å². The summed E-state index contributed by atoms with van der Waals surface area (Å²) < 4.78 is 15.4. The van der Waals surface area contributed by atoms with E-state index in [-0.39, 0.29) is 17.4 Å². The zero-order valence-corrected chi connectivity index (χ0v) is 20.9. The Morgan fingerprint density at radius 2 is 1.76 bits per heavy atom. The van der Waals surface area contributed by atoms with Gasteiger partial charge in [0.05, 0.1) is 18.1 Å². The third-order valence-electron chi connectivity index (χ3n) is 6.70. The Kier molecular flexibility index (Phi) is 7.18. The third-order valence-corrected chi connectivity index (χ3v) is 6.70. The second-order valence-electron chi connectivity index (χ2n) is 9.30. The third kappa shape index (κ3) is 5.49. The maximum atomic E-state index is 13.6. The molecule has 0 radical (unpaired) electrons. The lowest BCUT2D eigenvalue weighted by atomic mass is 10.1. The second kappa shape index (κ2) is 10.8. The zero-order chi connectivity index (χ0) is 25.8. The van der Waals surface area contributed by atoms with Crippen LogP contribution in [0.15, 0.2) is 83.7 Å². The summed E-state index contributed by atoms with van der Waals surface area (Å²) in [5, 5.41) is 13.6. The summed E-state index contributed by atoms with van der Waals surface area (Å²) in [7, 11) is 0. The van der Waals surface area contributed by atoms with E-state index >= 15 is 0 Å². The molecule has 0 amide bonds. The number of aryl methyl sites for hydroxylation is 1. The first kappa shape index (κ1) is 24.5. The van der Waals surface area contributed by atoms with Crippen LogP contribution in [-0.2, 0) is 19.6 Å². The number of rotatable bonds is 9. The lowest BCUT2D eigenvalue weighted by Crippen LogP contribution is -2.32. The van der Waals surface area contributed by atoms with E-state index < -0.39 is 0 Å². The molecule has 0 unspecified atom stereocenters. The number of pyridine rings is 1. The molecule has 8 heteroatoms. The summed E-state index contributed by atoms with van der Waals surface area (Å²) in [6.45, 7) is 5.49. The Morgan fingerprint density at radius 3 is 2.51 bits per heavy atom. The van der Waals surface area contributed by atoms with E-state index in [4.69, 9.17) is 0 Å². The minimum absolute atomic E-state index is 0.121. The average Bonchev–Trinajstić information content (AvgIpc) is 3.35. The number of nitrogens with one attached hydrogen (secondary N) is 1. The normalized spacial score (nSPS) is 12.3. The first-order chi connectivity index (χ1) is 18.0. The van der Waals surface area contributed by atoms with Crippen LogP contribution in [0.5, 0.6) is 0 Å². The van der Waals surface area contributed by atoms with Gasteiger partial charge in [-0.2, -0.15) is 0 Å². The smallest absolute Gasteiger partial charge is 0.252 e. The van der Waals surface area contributed by atoms with Gasteiger partial charge in [-0.05, 0) is 64.0 Å². The molecule has 5 aromatic rings. The molecule has 37 heavy (non-hydrogen) atoms. The molecule has 0 aliphatic heterocycles. The van der Waals surface area contributed by atoms with E-state index in [1.807, 2.05) is 66.2 Å². The maximum Gasteiger partial charge on any atom is 0.252 e. The van der Waals surface area contributed by atoms with Crippen LogP contribution in [0, 0.1) is 12.7 Å². The van der Waals surface area contributed by atoms with Crippen LogP contribution in [0.3, 0.4) is 0 Å². The largest absolute Gasteiger partial charge is 0.321 e. The van der Waals surface area contributed by atoms with Crippen molar-refractivity contribution in [3.05, 3.63) is 123 Å². The van der Waals surface area contributed by atoms with Gasteiger partial charge in [0, 0.05) is 18.7 Å². The van der Waals surface area contributed by atoms with Crippen molar-refractivity contribution in [2.24, 2.45) is 0 Å². The van der Waals surface area contributed by atoms with Gasteiger partial charge in [0.15, 0.2) is 5.82 Å². The van der Waals surface area contributed by atoms with Crippen molar-refractivity contribution in [3.8, 4) is 0 Å².